The van der Waals surface area contributed by atoms with Gasteiger partial charge in [0.1, 0.15) is 0 Å². The number of amides is 1. The molecule has 1 aromatic heterocycles. The first-order valence-electron chi connectivity index (χ1n) is 8.02. The highest BCUT2D eigenvalue weighted by Gasteiger charge is 2.22. The number of para-hydroxylation sites is 2. The Morgan fingerprint density at radius 2 is 1.93 bits per heavy atom. The molecule has 10 heteroatoms. The third-order valence-electron chi connectivity index (χ3n) is 3.72. The van der Waals surface area contributed by atoms with Crippen LogP contribution in [-0.4, -0.2) is 32.9 Å². The van der Waals surface area contributed by atoms with E-state index in [4.69, 9.17) is 4.74 Å². The zero-order valence-corrected chi connectivity index (χ0v) is 14.5. The van der Waals surface area contributed by atoms with Crippen molar-refractivity contribution in [1.82, 2.24) is 9.97 Å². The van der Waals surface area contributed by atoms with Crippen LogP contribution in [0.2, 0.25) is 0 Å². The molecule has 1 atom stereocenters. The number of aromatic nitrogens is 2. The fourth-order valence-electron chi connectivity index (χ4n) is 2.30. The third-order valence-corrected chi connectivity index (χ3v) is 3.72. The smallest absolute Gasteiger partial charge is 0.359 e. The van der Waals surface area contributed by atoms with Crippen molar-refractivity contribution in [2.75, 3.05) is 5.32 Å². The van der Waals surface area contributed by atoms with Gasteiger partial charge >= 0.3 is 11.7 Å². The normalized spacial score (nSPS) is 11.6. The van der Waals surface area contributed by atoms with E-state index in [-0.39, 0.29) is 11.4 Å². The number of benzene rings is 2. The zero-order valence-electron chi connectivity index (χ0n) is 14.5. The molecular formula is C18H13FN4O5. The summed E-state index contributed by atoms with van der Waals surface area (Å²) >= 11 is 0. The average molecular weight is 384 g/mol. The highest BCUT2D eigenvalue weighted by Crippen LogP contribution is 2.22. The second-order valence-corrected chi connectivity index (χ2v) is 5.70. The highest BCUT2D eigenvalue weighted by atomic mass is 19.1. The molecular weight excluding hydrogens is 371 g/mol. The van der Waals surface area contributed by atoms with Gasteiger partial charge in [-0.15, -0.1) is 0 Å². The zero-order chi connectivity index (χ0) is 20.3. The minimum absolute atomic E-state index is 0.00787. The Morgan fingerprint density at radius 3 is 2.64 bits per heavy atom. The third kappa shape index (κ3) is 4.06. The Bertz CT molecular complexity index is 1090. The summed E-state index contributed by atoms with van der Waals surface area (Å²) in [6, 6.07) is 9.81. The lowest BCUT2D eigenvalue weighted by Crippen LogP contribution is -2.30. The van der Waals surface area contributed by atoms with Crippen molar-refractivity contribution in [2.24, 2.45) is 0 Å². The number of anilines is 1. The summed E-state index contributed by atoms with van der Waals surface area (Å²) < 4.78 is 18.4. The number of halogens is 1. The van der Waals surface area contributed by atoms with Gasteiger partial charge in [0.15, 0.2) is 11.8 Å². The van der Waals surface area contributed by atoms with Gasteiger partial charge in [0.25, 0.3) is 5.91 Å². The molecule has 0 aliphatic heterocycles. The van der Waals surface area contributed by atoms with Crippen LogP contribution in [0, 0.1) is 15.9 Å². The van der Waals surface area contributed by atoms with E-state index in [1.807, 2.05) is 0 Å². The van der Waals surface area contributed by atoms with Crippen molar-refractivity contribution in [3.63, 3.8) is 0 Å². The summed E-state index contributed by atoms with van der Waals surface area (Å²) in [4.78, 5) is 42.4. The minimum Gasteiger partial charge on any atom is -0.448 e. The maximum Gasteiger partial charge on any atom is 0.359 e. The fraction of sp³-hybridized carbons (Fsp3) is 0.111. The summed E-state index contributed by atoms with van der Waals surface area (Å²) in [6.07, 6.45) is 0.00315. The van der Waals surface area contributed by atoms with E-state index in [1.54, 1.807) is 24.3 Å². The predicted molar refractivity (Wildman–Crippen MR) is 96.1 cm³/mol. The Balaban J connectivity index is 1.68. The van der Waals surface area contributed by atoms with E-state index >= 15 is 0 Å². The van der Waals surface area contributed by atoms with Crippen LogP contribution in [0.4, 0.5) is 15.8 Å². The van der Waals surface area contributed by atoms with Gasteiger partial charge < -0.3 is 10.1 Å². The van der Waals surface area contributed by atoms with Crippen LogP contribution >= 0.6 is 0 Å². The van der Waals surface area contributed by atoms with E-state index in [2.05, 4.69) is 15.3 Å². The first-order valence-corrected chi connectivity index (χ1v) is 8.02. The number of carbonyl (C=O) groups excluding carboxylic acids is 2. The summed E-state index contributed by atoms with van der Waals surface area (Å²) in [5.41, 5.74) is 0.228. The summed E-state index contributed by atoms with van der Waals surface area (Å²) in [6.45, 7) is 1.32. The Labute approximate surface area is 157 Å². The predicted octanol–water partition coefficient (Wildman–Crippen LogP) is 2.86. The van der Waals surface area contributed by atoms with Crippen LogP contribution < -0.4 is 5.32 Å². The molecule has 142 valence electrons. The molecule has 0 radical (unpaired) electrons. The average Bonchev–Trinajstić information content (AvgIpc) is 2.68. The van der Waals surface area contributed by atoms with Gasteiger partial charge in [0.05, 0.1) is 22.2 Å². The molecule has 1 amide bonds. The number of carbonyl (C=O) groups is 2. The number of nitrogens with one attached hydrogen (secondary N) is 1. The topological polar surface area (TPSA) is 124 Å². The van der Waals surface area contributed by atoms with E-state index in [0.717, 1.165) is 18.2 Å². The maximum atomic E-state index is 13.4. The lowest BCUT2D eigenvalue weighted by molar-refractivity contribution is -0.387. The summed E-state index contributed by atoms with van der Waals surface area (Å²) in [5.74, 6) is -2.63. The number of nitro benzene ring substituents is 1. The Kier molecular flexibility index (Phi) is 5.21. The first kappa shape index (κ1) is 18.8. The molecule has 2 aromatic carbocycles. The van der Waals surface area contributed by atoms with Crippen LogP contribution in [-0.2, 0) is 9.53 Å². The van der Waals surface area contributed by atoms with Crippen molar-refractivity contribution >= 4 is 34.3 Å². The second kappa shape index (κ2) is 7.74. The Morgan fingerprint density at radius 1 is 1.21 bits per heavy atom. The molecule has 0 bridgehead atoms. The maximum absolute atomic E-state index is 13.4. The lowest BCUT2D eigenvalue weighted by Gasteiger charge is -2.13. The monoisotopic (exact) mass is 384 g/mol. The van der Waals surface area contributed by atoms with Gasteiger partial charge in [-0.1, -0.05) is 12.1 Å². The molecule has 28 heavy (non-hydrogen) atoms. The number of nitrogens with zero attached hydrogens (tertiary/aromatic N) is 3. The van der Waals surface area contributed by atoms with Crippen LogP contribution in [0.15, 0.2) is 48.7 Å². The van der Waals surface area contributed by atoms with Gasteiger partial charge in [-0.05, 0) is 31.2 Å². The molecule has 0 unspecified atom stereocenters. The van der Waals surface area contributed by atoms with Gasteiger partial charge in [-0.3, -0.25) is 19.9 Å². The molecule has 0 fully saturated rings. The van der Waals surface area contributed by atoms with Crippen molar-refractivity contribution in [1.29, 1.82) is 0 Å². The molecule has 0 aliphatic carbocycles. The standard InChI is InChI=1S/C18H13FN4O5/c1-10(17(24)21-11-6-7-12(19)16(8-11)23(26)27)28-18(25)15-9-20-13-4-2-3-5-14(13)22-15/h2-10H,1H3,(H,21,24)/t10-/m1/s1. The number of rotatable bonds is 5. The number of esters is 1. The van der Waals surface area contributed by atoms with Crippen LogP contribution in [0.25, 0.3) is 11.0 Å². The van der Waals surface area contributed by atoms with Crippen molar-refractivity contribution in [3.05, 3.63) is 70.3 Å². The van der Waals surface area contributed by atoms with E-state index in [0.29, 0.717) is 11.0 Å². The number of ether oxygens (including phenoxy) is 1. The number of nitro groups is 1. The summed E-state index contributed by atoms with van der Waals surface area (Å²) in [5, 5.41) is 13.1. The van der Waals surface area contributed by atoms with Crippen LogP contribution in [0.3, 0.4) is 0 Å². The lowest BCUT2D eigenvalue weighted by atomic mass is 10.2. The van der Waals surface area contributed by atoms with Crippen LogP contribution in [0.1, 0.15) is 17.4 Å². The van der Waals surface area contributed by atoms with E-state index in [1.165, 1.54) is 13.1 Å². The second-order valence-electron chi connectivity index (χ2n) is 5.70. The Hall–Kier alpha value is -3.95. The number of hydrogen-bond acceptors (Lipinski definition) is 7. The van der Waals surface area contributed by atoms with Crippen molar-refractivity contribution < 1.29 is 23.6 Å². The molecule has 0 spiro atoms. The molecule has 0 saturated carbocycles. The molecule has 3 rings (SSSR count). The molecule has 1 heterocycles. The molecule has 1 N–H and O–H groups in total. The minimum atomic E-state index is -1.23. The van der Waals surface area contributed by atoms with Gasteiger partial charge in [0.2, 0.25) is 5.82 Å². The highest BCUT2D eigenvalue weighted by molar-refractivity contribution is 5.97. The fourth-order valence-corrected chi connectivity index (χ4v) is 2.30. The van der Waals surface area contributed by atoms with Crippen molar-refractivity contribution in [3.8, 4) is 0 Å². The van der Waals surface area contributed by atoms with Crippen LogP contribution in [0.5, 0.6) is 0 Å². The van der Waals surface area contributed by atoms with Gasteiger partial charge in [0, 0.05) is 11.8 Å². The SMILES string of the molecule is C[C@@H](OC(=O)c1cnc2ccccc2n1)C(=O)Nc1ccc(F)c([N+](=O)[O-])c1. The van der Waals surface area contributed by atoms with Gasteiger partial charge in [-0.2, -0.15) is 4.39 Å². The molecule has 3 aromatic rings. The van der Waals surface area contributed by atoms with Gasteiger partial charge in [-0.25, -0.2) is 9.78 Å². The van der Waals surface area contributed by atoms with E-state index < -0.39 is 34.4 Å². The molecule has 0 saturated heterocycles. The number of hydrogen-bond donors (Lipinski definition) is 1. The molecule has 0 aliphatic rings. The van der Waals surface area contributed by atoms with Crippen molar-refractivity contribution in [2.45, 2.75) is 13.0 Å². The quantitative estimate of drug-likeness (QED) is 0.407. The molecule has 9 nitrogen and oxygen atoms in total. The van der Waals surface area contributed by atoms with E-state index in [9.17, 15) is 24.1 Å². The first-order chi connectivity index (χ1) is 13.3. The summed E-state index contributed by atoms with van der Waals surface area (Å²) in [7, 11) is 0. The largest absolute Gasteiger partial charge is 0.448 e. The number of fused-ring (bicyclic) bond motifs is 1.